The van der Waals surface area contributed by atoms with E-state index in [1.165, 1.54) is 23.1 Å². The Labute approximate surface area is 231 Å². The molecule has 0 saturated carbocycles. The van der Waals surface area contributed by atoms with Crippen LogP contribution in [0.1, 0.15) is 42.0 Å². The molecule has 2 aliphatic rings. The highest BCUT2D eigenvalue weighted by Gasteiger charge is 2.40. The smallest absolute Gasteiger partial charge is 0.369 e. The number of aryl methyl sites for hydroxylation is 1. The highest BCUT2D eigenvalue weighted by Crippen LogP contribution is 2.37. The van der Waals surface area contributed by atoms with Gasteiger partial charge in [-0.2, -0.15) is 18.3 Å². The standard InChI is InChI=1S/C29H34F4N6O/c1-19(14-34)15-37-16-22-18-38(23-10-12-36(13-11-23)26-20(2)6-5-9-25(26)30)28(40)39(27(22)35-37)17-21-7-3-4-8-24(21)29(31,32)33/h3-9,16,19,23H,10-15,17-18,34H2,1-2H3. The van der Waals surface area contributed by atoms with Crippen LogP contribution in [0.5, 0.6) is 0 Å². The highest BCUT2D eigenvalue weighted by molar-refractivity contribution is 5.94. The van der Waals surface area contributed by atoms with E-state index in [4.69, 9.17) is 5.73 Å². The molecule has 1 atom stereocenters. The Morgan fingerprint density at radius 2 is 1.82 bits per heavy atom. The van der Waals surface area contributed by atoms with Crippen molar-refractivity contribution in [3.05, 3.63) is 76.7 Å². The normalized spacial score (nSPS) is 17.4. The van der Waals surface area contributed by atoms with E-state index in [1.54, 1.807) is 21.7 Å². The molecule has 40 heavy (non-hydrogen) atoms. The van der Waals surface area contributed by atoms with Crippen LogP contribution in [-0.4, -0.2) is 46.4 Å². The molecule has 7 nitrogen and oxygen atoms in total. The van der Waals surface area contributed by atoms with Gasteiger partial charge in [-0.25, -0.2) is 9.18 Å². The summed E-state index contributed by atoms with van der Waals surface area (Å²) in [5.41, 5.74) is 7.24. The van der Waals surface area contributed by atoms with E-state index in [0.717, 1.165) is 17.2 Å². The number of alkyl halides is 3. The van der Waals surface area contributed by atoms with Gasteiger partial charge in [0.25, 0.3) is 0 Å². The molecule has 2 N–H and O–H groups in total. The van der Waals surface area contributed by atoms with Gasteiger partial charge in [-0.05, 0) is 55.5 Å². The number of fused-ring (bicyclic) bond motifs is 1. The Bertz CT molecular complexity index is 1340. The lowest BCUT2D eigenvalue weighted by Crippen LogP contribution is -2.54. The number of para-hydroxylation sites is 1. The average molecular weight is 559 g/mol. The lowest BCUT2D eigenvalue weighted by Gasteiger charge is -2.43. The second-order valence-electron chi connectivity index (χ2n) is 10.8. The van der Waals surface area contributed by atoms with E-state index < -0.39 is 11.7 Å². The lowest BCUT2D eigenvalue weighted by molar-refractivity contribution is -0.138. The van der Waals surface area contributed by atoms with E-state index in [9.17, 15) is 22.4 Å². The van der Waals surface area contributed by atoms with E-state index in [0.29, 0.717) is 57.1 Å². The Kier molecular flexibility index (Phi) is 7.76. The number of amides is 2. The summed E-state index contributed by atoms with van der Waals surface area (Å²) in [6.07, 6.45) is -1.46. The number of carbonyl (C=O) groups excluding carboxylic acids is 1. The summed E-state index contributed by atoms with van der Waals surface area (Å²) in [5.74, 6) is 0.242. The van der Waals surface area contributed by atoms with Crippen molar-refractivity contribution in [2.45, 2.75) is 58.5 Å². The first-order valence-electron chi connectivity index (χ1n) is 13.6. The molecule has 0 spiro atoms. The maximum absolute atomic E-state index is 14.6. The predicted molar refractivity (Wildman–Crippen MR) is 145 cm³/mol. The third-order valence-electron chi connectivity index (χ3n) is 7.85. The number of halogens is 4. The number of benzene rings is 2. The van der Waals surface area contributed by atoms with Crippen molar-refractivity contribution in [2.75, 3.05) is 29.4 Å². The topological polar surface area (TPSA) is 70.6 Å². The van der Waals surface area contributed by atoms with E-state index in [2.05, 4.69) is 5.10 Å². The number of piperidine rings is 1. The molecule has 11 heteroatoms. The van der Waals surface area contributed by atoms with Gasteiger partial charge < -0.3 is 15.5 Å². The molecule has 1 unspecified atom stereocenters. The molecule has 2 amide bonds. The monoisotopic (exact) mass is 558 g/mol. The number of urea groups is 1. The van der Waals surface area contributed by atoms with Crippen LogP contribution in [0.25, 0.3) is 0 Å². The summed E-state index contributed by atoms with van der Waals surface area (Å²) in [4.78, 5) is 19.0. The Morgan fingerprint density at radius 1 is 1.10 bits per heavy atom. The number of hydrogen-bond acceptors (Lipinski definition) is 4. The molecule has 1 aromatic heterocycles. The molecule has 5 rings (SSSR count). The molecular weight excluding hydrogens is 524 g/mol. The molecule has 2 aliphatic heterocycles. The molecule has 0 bridgehead atoms. The number of aromatic nitrogens is 2. The quantitative estimate of drug-likeness (QED) is 0.386. The minimum atomic E-state index is -4.55. The van der Waals surface area contributed by atoms with Crippen LogP contribution < -0.4 is 15.5 Å². The maximum atomic E-state index is 14.6. The summed E-state index contributed by atoms with van der Waals surface area (Å²) in [6, 6.07) is 9.81. The SMILES string of the molecule is Cc1cccc(F)c1N1CCC(N2Cc3cn(CC(C)CN)nc3N(Cc3ccccc3C(F)(F)F)C2=O)CC1. The summed E-state index contributed by atoms with van der Waals surface area (Å²) in [7, 11) is 0. The van der Waals surface area contributed by atoms with Gasteiger partial charge in [-0.15, -0.1) is 0 Å². The number of anilines is 2. The summed E-state index contributed by atoms with van der Waals surface area (Å²) >= 11 is 0. The van der Waals surface area contributed by atoms with Gasteiger partial charge in [0.05, 0.1) is 24.3 Å². The molecule has 1 saturated heterocycles. The fourth-order valence-corrected chi connectivity index (χ4v) is 5.73. The van der Waals surface area contributed by atoms with Crippen LogP contribution in [0, 0.1) is 18.7 Å². The predicted octanol–water partition coefficient (Wildman–Crippen LogP) is 5.56. The average Bonchev–Trinajstić information content (AvgIpc) is 3.32. The molecule has 214 valence electrons. The fourth-order valence-electron chi connectivity index (χ4n) is 5.73. The van der Waals surface area contributed by atoms with Crippen LogP contribution in [0.2, 0.25) is 0 Å². The third-order valence-corrected chi connectivity index (χ3v) is 7.85. The summed E-state index contributed by atoms with van der Waals surface area (Å²) < 4.78 is 57.7. The van der Waals surface area contributed by atoms with Crippen molar-refractivity contribution < 1.29 is 22.4 Å². The van der Waals surface area contributed by atoms with Crippen LogP contribution in [-0.2, 0) is 25.8 Å². The zero-order valence-electron chi connectivity index (χ0n) is 22.7. The Morgan fingerprint density at radius 3 is 2.50 bits per heavy atom. The minimum Gasteiger partial charge on any atom is -0.369 e. The second kappa shape index (κ2) is 11.1. The molecule has 0 aliphatic carbocycles. The third kappa shape index (κ3) is 5.52. The number of nitrogens with zero attached hydrogens (tertiary/aromatic N) is 5. The zero-order chi connectivity index (χ0) is 28.6. The van der Waals surface area contributed by atoms with E-state index in [-0.39, 0.29) is 35.9 Å². The number of rotatable bonds is 7. The van der Waals surface area contributed by atoms with Crippen molar-refractivity contribution in [3.63, 3.8) is 0 Å². The van der Waals surface area contributed by atoms with Gasteiger partial charge in [0.1, 0.15) is 5.82 Å². The van der Waals surface area contributed by atoms with Crippen molar-refractivity contribution in [3.8, 4) is 0 Å². The number of carbonyl (C=O) groups is 1. The van der Waals surface area contributed by atoms with Gasteiger partial charge in [0, 0.05) is 37.4 Å². The zero-order valence-corrected chi connectivity index (χ0v) is 22.7. The van der Waals surface area contributed by atoms with Gasteiger partial charge in [-0.3, -0.25) is 9.58 Å². The molecule has 3 heterocycles. The van der Waals surface area contributed by atoms with Crippen LogP contribution >= 0.6 is 0 Å². The van der Waals surface area contributed by atoms with Crippen molar-refractivity contribution in [1.82, 2.24) is 14.7 Å². The summed E-state index contributed by atoms with van der Waals surface area (Å²) in [5, 5.41) is 4.62. The van der Waals surface area contributed by atoms with Crippen molar-refractivity contribution >= 4 is 17.5 Å². The Hall–Kier alpha value is -3.60. The van der Waals surface area contributed by atoms with Gasteiger partial charge in [0.2, 0.25) is 0 Å². The molecule has 2 aromatic carbocycles. The van der Waals surface area contributed by atoms with Crippen molar-refractivity contribution in [2.24, 2.45) is 11.7 Å². The van der Waals surface area contributed by atoms with Crippen LogP contribution in [0.4, 0.5) is 33.9 Å². The van der Waals surface area contributed by atoms with Gasteiger partial charge in [-0.1, -0.05) is 37.3 Å². The molecule has 1 fully saturated rings. The van der Waals surface area contributed by atoms with E-state index >= 15 is 0 Å². The first kappa shape index (κ1) is 27.9. The fraction of sp³-hybridized carbons (Fsp3) is 0.448. The summed E-state index contributed by atoms with van der Waals surface area (Å²) in [6.45, 7) is 6.03. The maximum Gasteiger partial charge on any atom is 0.416 e. The second-order valence-corrected chi connectivity index (χ2v) is 10.8. The molecule has 0 radical (unpaired) electrons. The van der Waals surface area contributed by atoms with Gasteiger partial charge >= 0.3 is 12.2 Å². The molecule has 3 aromatic rings. The highest BCUT2D eigenvalue weighted by atomic mass is 19.4. The Balaban J connectivity index is 1.43. The van der Waals surface area contributed by atoms with E-state index in [1.807, 2.05) is 31.0 Å². The minimum absolute atomic E-state index is 0.00544. The molecular formula is C29H34F4N6O. The first-order valence-corrected chi connectivity index (χ1v) is 13.6. The lowest BCUT2D eigenvalue weighted by atomic mass is 10.00. The van der Waals surface area contributed by atoms with Gasteiger partial charge in [0.15, 0.2) is 5.82 Å². The van der Waals surface area contributed by atoms with Crippen LogP contribution in [0.3, 0.4) is 0 Å². The van der Waals surface area contributed by atoms with Crippen molar-refractivity contribution in [1.29, 1.82) is 0 Å². The van der Waals surface area contributed by atoms with Crippen LogP contribution in [0.15, 0.2) is 48.7 Å². The number of nitrogens with two attached hydrogens (primary N) is 1. The first-order chi connectivity index (χ1) is 19.1. The number of hydrogen-bond donors (Lipinski definition) is 1. The largest absolute Gasteiger partial charge is 0.416 e.